The fourth-order valence-electron chi connectivity index (χ4n) is 2.03. The summed E-state index contributed by atoms with van der Waals surface area (Å²) in [5.74, 6) is -1.63. The quantitative estimate of drug-likeness (QED) is 0.727. The molecule has 0 aliphatic heterocycles. The number of rotatable bonds is 5. The molecule has 0 fully saturated rings. The van der Waals surface area contributed by atoms with Crippen LogP contribution < -0.4 is 10.5 Å². The van der Waals surface area contributed by atoms with Crippen LogP contribution in [0.4, 0.5) is 5.69 Å². The minimum absolute atomic E-state index is 0.0540. The lowest BCUT2D eigenvalue weighted by Crippen LogP contribution is -2.30. The van der Waals surface area contributed by atoms with Gasteiger partial charge in [-0.2, -0.15) is 5.26 Å². The number of ether oxygens (including phenoxy) is 1. The van der Waals surface area contributed by atoms with Gasteiger partial charge in [-0.05, 0) is 43.3 Å². The van der Waals surface area contributed by atoms with Gasteiger partial charge in [0.2, 0.25) is 10.0 Å². The highest BCUT2D eigenvalue weighted by Crippen LogP contribution is 2.21. The first-order valence-electron chi connectivity index (χ1n) is 7.46. The molecule has 2 aromatic rings. The molecule has 0 spiro atoms. The van der Waals surface area contributed by atoms with Crippen molar-refractivity contribution in [2.24, 2.45) is 5.14 Å². The lowest BCUT2D eigenvalue weighted by Gasteiger charge is -2.14. The van der Waals surface area contributed by atoms with Crippen LogP contribution in [0.1, 0.15) is 22.8 Å². The summed E-state index contributed by atoms with van der Waals surface area (Å²) in [5.41, 5.74) is 0.467. The van der Waals surface area contributed by atoms with Gasteiger partial charge in [-0.3, -0.25) is 4.79 Å². The molecule has 8 nitrogen and oxygen atoms in total. The van der Waals surface area contributed by atoms with E-state index >= 15 is 0 Å². The van der Waals surface area contributed by atoms with Crippen LogP contribution in [0.5, 0.6) is 0 Å². The number of carbonyl (C=O) groups is 2. The highest BCUT2D eigenvalue weighted by molar-refractivity contribution is 7.89. The molecule has 1 amide bonds. The van der Waals surface area contributed by atoms with Gasteiger partial charge in [-0.25, -0.2) is 18.4 Å². The average Bonchev–Trinajstić information content (AvgIpc) is 2.61. The van der Waals surface area contributed by atoms with E-state index in [-0.39, 0.29) is 15.5 Å². The maximum atomic E-state index is 12.2. The number of nitrogens with two attached hydrogens (primary N) is 1. The Balaban J connectivity index is 2.13. The van der Waals surface area contributed by atoms with Gasteiger partial charge < -0.3 is 10.1 Å². The van der Waals surface area contributed by atoms with Gasteiger partial charge in [0.05, 0.1) is 27.1 Å². The molecule has 0 saturated heterocycles. The van der Waals surface area contributed by atoms with Crippen molar-refractivity contribution in [2.45, 2.75) is 17.9 Å². The normalized spacial score (nSPS) is 11.9. The molecule has 2 rings (SSSR count). The van der Waals surface area contributed by atoms with Crippen LogP contribution in [0, 0.1) is 11.3 Å². The molecule has 2 aromatic carbocycles. The molecule has 0 aliphatic carbocycles. The minimum atomic E-state index is -4.04. The predicted molar refractivity (Wildman–Crippen MR) is 97.5 cm³/mol. The molecule has 0 unspecified atom stereocenters. The van der Waals surface area contributed by atoms with Crippen LogP contribution in [0.3, 0.4) is 0 Å². The second-order valence-electron chi connectivity index (χ2n) is 5.42. The summed E-state index contributed by atoms with van der Waals surface area (Å²) in [6.07, 6.45) is -1.21. The third-order valence-electron chi connectivity index (χ3n) is 3.40. The van der Waals surface area contributed by atoms with Gasteiger partial charge in [0.15, 0.2) is 6.10 Å². The largest absolute Gasteiger partial charge is 0.449 e. The Morgan fingerprint density at radius 1 is 1.26 bits per heavy atom. The van der Waals surface area contributed by atoms with E-state index in [0.717, 1.165) is 12.1 Å². The van der Waals surface area contributed by atoms with Crippen molar-refractivity contribution in [3.05, 3.63) is 58.6 Å². The van der Waals surface area contributed by atoms with Gasteiger partial charge >= 0.3 is 5.97 Å². The van der Waals surface area contributed by atoms with Crippen LogP contribution >= 0.6 is 11.6 Å². The summed E-state index contributed by atoms with van der Waals surface area (Å²) >= 11 is 5.90. The van der Waals surface area contributed by atoms with E-state index in [0.29, 0.717) is 11.3 Å². The topological polar surface area (TPSA) is 139 Å². The molecule has 3 N–H and O–H groups in total. The van der Waals surface area contributed by atoms with E-state index < -0.39 is 28.0 Å². The molecular formula is C17H14ClN3O5S. The number of nitriles is 1. The number of amides is 1. The van der Waals surface area contributed by atoms with Crippen molar-refractivity contribution in [3.8, 4) is 6.07 Å². The lowest BCUT2D eigenvalue weighted by atomic mass is 10.2. The van der Waals surface area contributed by atoms with Gasteiger partial charge in [-0.15, -0.1) is 0 Å². The van der Waals surface area contributed by atoms with Crippen LogP contribution in [-0.2, 0) is 19.6 Å². The maximum Gasteiger partial charge on any atom is 0.340 e. The number of hydrogen-bond donors (Lipinski definition) is 2. The fraction of sp³-hybridized carbons (Fsp3) is 0.118. The highest BCUT2D eigenvalue weighted by atomic mass is 35.5. The third kappa shape index (κ3) is 5.27. The SMILES string of the molecule is C[C@H](OC(=O)c1cc(S(N)(=O)=O)ccc1Cl)C(=O)Nc1cccc(C#N)c1. The number of esters is 1. The molecule has 10 heteroatoms. The van der Waals surface area contributed by atoms with Crippen molar-refractivity contribution in [2.75, 3.05) is 5.32 Å². The summed E-state index contributed by atoms with van der Waals surface area (Å²) in [7, 11) is -4.04. The standard InChI is InChI=1S/C17H14ClN3O5S/c1-10(16(22)21-12-4-2-3-11(7-12)9-19)26-17(23)14-8-13(27(20,24)25)5-6-15(14)18/h2-8,10H,1H3,(H,21,22)(H2,20,24,25)/t10-/m0/s1. The van der Waals surface area contributed by atoms with Crippen LogP contribution in [0.15, 0.2) is 47.4 Å². The van der Waals surface area contributed by atoms with Gasteiger partial charge in [-0.1, -0.05) is 17.7 Å². The Hall–Kier alpha value is -2.93. The van der Waals surface area contributed by atoms with Gasteiger partial charge in [0, 0.05) is 5.69 Å². The molecule has 1 atom stereocenters. The number of halogens is 1. The van der Waals surface area contributed by atoms with Crippen LogP contribution in [-0.4, -0.2) is 26.4 Å². The second-order valence-corrected chi connectivity index (χ2v) is 7.38. The van der Waals surface area contributed by atoms with E-state index in [1.165, 1.54) is 19.1 Å². The summed E-state index contributed by atoms with van der Waals surface area (Å²) in [4.78, 5) is 24.1. The number of anilines is 1. The average molecular weight is 408 g/mol. The maximum absolute atomic E-state index is 12.2. The van der Waals surface area contributed by atoms with Gasteiger partial charge in [0.25, 0.3) is 5.91 Å². The summed E-state index contributed by atoms with van der Waals surface area (Å²) < 4.78 is 27.8. The Labute approximate surface area is 160 Å². The molecule has 0 bridgehead atoms. The summed E-state index contributed by atoms with van der Waals surface area (Å²) in [6, 6.07) is 11.4. The van der Waals surface area contributed by atoms with Crippen molar-refractivity contribution >= 4 is 39.2 Å². The van der Waals surface area contributed by atoms with Crippen molar-refractivity contribution in [1.82, 2.24) is 0 Å². The molecule has 0 radical (unpaired) electrons. The van der Waals surface area contributed by atoms with Crippen molar-refractivity contribution in [3.63, 3.8) is 0 Å². The van der Waals surface area contributed by atoms with E-state index in [9.17, 15) is 18.0 Å². The van der Waals surface area contributed by atoms with E-state index in [1.807, 2.05) is 6.07 Å². The first kappa shape index (κ1) is 20.4. The highest BCUT2D eigenvalue weighted by Gasteiger charge is 2.22. The number of nitrogens with one attached hydrogen (secondary N) is 1. The first-order chi connectivity index (χ1) is 12.6. The molecular weight excluding hydrogens is 394 g/mol. The summed E-state index contributed by atoms with van der Waals surface area (Å²) in [5, 5.41) is 16.3. The third-order valence-corrected chi connectivity index (χ3v) is 4.64. The van der Waals surface area contributed by atoms with E-state index in [4.69, 9.17) is 26.7 Å². The zero-order valence-corrected chi connectivity index (χ0v) is 15.5. The predicted octanol–water partition coefficient (Wildman–Crippen LogP) is 2.04. The van der Waals surface area contributed by atoms with Crippen LogP contribution in [0.2, 0.25) is 5.02 Å². The van der Waals surface area contributed by atoms with Gasteiger partial charge in [0.1, 0.15) is 0 Å². The monoisotopic (exact) mass is 407 g/mol. The Bertz CT molecular complexity index is 1050. The fourth-order valence-corrected chi connectivity index (χ4v) is 2.76. The molecule has 0 saturated carbocycles. The molecule has 0 heterocycles. The second kappa shape index (κ2) is 8.18. The number of sulfonamides is 1. The lowest BCUT2D eigenvalue weighted by molar-refractivity contribution is -0.123. The number of carbonyl (C=O) groups excluding carboxylic acids is 2. The van der Waals surface area contributed by atoms with E-state index in [2.05, 4.69) is 5.32 Å². The number of benzene rings is 2. The molecule has 140 valence electrons. The van der Waals surface area contributed by atoms with Crippen LogP contribution in [0.25, 0.3) is 0 Å². The Morgan fingerprint density at radius 2 is 1.96 bits per heavy atom. The smallest absolute Gasteiger partial charge is 0.340 e. The molecule has 27 heavy (non-hydrogen) atoms. The number of hydrogen-bond acceptors (Lipinski definition) is 6. The molecule has 0 aliphatic rings. The number of primary sulfonamides is 1. The molecule has 0 aromatic heterocycles. The minimum Gasteiger partial charge on any atom is -0.449 e. The van der Waals surface area contributed by atoms with Crippen molar-refractivity contribution < 1.29 is 22.7 Å². The van der Waals surface area contributed by atoms with Crippen molar-refractivity contribution in [1.29, 1.82) is 5.26 Å². The Morgan fingerprint density at radius 3 is 2.59 bits per heavy atom. The Kier molecular flexibility index (Phi) is 6.17. The summed E-state index contributed by atoms with van der Waals surface area (Å²) in [6.45, 7) is 1.33. The first-order valence-corrected chi connectivity index (χ1v) is 9.38. The number of nitrogens with zero attached hydrogens (tertiary/aromatic N) is 1. The zero-order valence-electron chi connectivity index (χ0n) is 14.0. The zero-order chi connectivity index (χ0) is 20.2. The van der Waals surface area contributed by atoms with E-state index in [1.54, 1.807) is 18.2 Å².